The Morgan fingerprint density at radius 3 is 0.719 bits per heavy atom. The van der Waals surface area contributed by atoms with E-state index in [1.807, 2.05) is 31.4 Å². The van der Waals surface area contributed by atoms with Gasteiger partial charge >= 0.3 is 23.9 Å². The lowest BCUT2D eigenvalue weighted by Gasteiger charge is -2.42. The van der Waals surface area contributed by atoms with Gasteiger partial charge < -0.3 is 47.3 Å². The molecule has 0 heterocycles. The second kappa shape index (κ2) is 72.7. The SMILES string of the molecule is CCCCCC/C=C\COC(=O)CCCCCC(CN(CCCCNC(=O)CN(C)CC(=O)NCCCCN(CC(CCCCCC(=O)OC/C=C\CCCCCC)O[Si](C)(C)C(C)(C)C)CC(CCCCCC(=O)OC/C=C\CCCCCC)O[Si](C)(C)C(C)(C)C)CC(CCCCCC(=O)OC/C=C\CCCCCC)O[Si](C)(C)C(C)(C)C)O[Si](C)(C)C(C)(C)C. The topological polar surface area (TPSA) is 210 Å². The maximum absolute atomic E-state index is 13.7. The summed E-state index contributed by atoms with van der Waals surface area (Å²) in [6.45, 7) is 62.3. The number of nitrogens with zero attached hydrogens (tertiary/aromatic N) is 3. The van der Waals surface area contributed by atoms with Crippen LogP contribution in [0.1, 0.15) is 393 Å². The molecule has 4 unspecified atom stereocenters. The molecule has 0 aliphatic heterocycles. The molecule has 0 aromatic rings. The monoisotopic (exact) mass is 1870 g/mol. The van der Waals surface area contributed by atoms with Gasteiger partial charge in [-0.05, 0) is 221 Å². The first-order valence-corrected chi connectivity index (χ1v) is 63.6. The average molecular weight is 1870 g/mol. The number of esters is 4. The van der Waals surface area contributed by atoms with Crippen LogP contribution >= 0.6 is 0 Å². The van der Waals surface area contributed by atoms with Crippen LogP contribution in [0.25, 0.3) is 0 Å². The van der Waals surface area contributed by atoms with Crippen LogP contribution in [-0.2, 0) is 65.4 Å². The van der Waals surface area contributed by atoms with Gasteiger partial charge in [0.25, 0.3) is 0 Å². The molecule has 0 fully saturated rings. The average Bonchev–Trinajstić information content (AvgIpc) is 0.838. The summed E-state index contributed by atoms with van der Waals surface area (Å²) in [5, 5.41) is 6.38. The van der Waals surface area contributed by atoms with Crippen molar-refractivity contribution in [3.63, 3.8) is 0 Å². The van der Waals surface area contributed by atoms with E-state index in [2.05, 4.69) is 208 Å². The van der Waals surface area contributed by atoms with Crippen LogP contribution in [0.4, 0.5) is 0 Å². The fraction of sp³-hybridized carbons (Fsp3) is 0.867. The molecule has 0 aromatic heterocycles. The van der Waals surface area contributed by atoms with Gasteiger partial charge in [0.05, 0.1) is 37.5 Å². The highest BCUT2D eigenvalue weighted by Gasteiger charge is 2.44. The molecule has 0 radical (unpaired) electrons. The molecule has 0 bridgehead atoms. The zero-order chi connectivity index (χ0) is 96.2. The van der Waals surface area contributed by atoms with Crippen LogP contribution in [0.15, 0.2) is 48.6 Å². The largest absolute Gasteiger partial charge is 0.461 e. The van der Waals surface area contributed by atoms with Crippen LogP contribution in [-0.4, -0.2) is 207 Å². The molecule has 4 atom stereocenters. The highest BCUT2D eigenvalue weighted by molar-refractivity contribution is 6.75. The van der Waals surface area contributed by atoms with E-state index in [4.69, 9.17) is 36.7 Å². The first kappa shape index (κ1) is 124. The van der Waals surface area contributed by atoms with Gasteiger partial charge in [0, 0.05) is 65.0 Å². The van der Waals surface area contributed by atoms with Crippen molar-refractivity contribution in [2.45, 2.75) is 490 Å². The minimum atomic E-state index is -2.24. The molecule has 2 N–H and O–H groups in total. The number of hydrogen-bond acceptors (Lipinski definition) is 17. The first-order chi connectivity index (χ1) is 60.3. The lowest BCUT2D eigenvalue weighted by molar-refractivity contribution is -0.143. The Morgan fingerprint density at radius 1 is 0.289 bits per heavy atom. The summed E-state index contributed by atoms with van der Waals surface area (Å²) in [5.74, 6) is -0.821. The summed E-state index contributed by atoms with van der Waals surface area (Å²) in [5.41, 5.74) is 0. The zero-order valence-electron chi connectivity index (χ0n) is 88.0. The first-order valence-electron chi connectivity index (χ1n) is 52.0. The highest BCUT2D eigenvalue weighted by atomic mass is 28.4. The Balaban J connectivity index is 6.71. The molecule has 0 aliphatic rings. The Hall–Kier alpha value is -3.63. The van der Waals surface area contributed by atoms with E-state index in [9.17, 15) is 28.8 Å². The molecule has 0 rings (SSSR count). The Morgan fingerprint density at radius 2 is 0.508 bits per heavy atom. The molecule has 23 heteroatoms. The number of hydrogen-bond donors (Lipinski definition) is 2. The van der Waals surface area contributed by atoms with Crippen molar-refractivity contribution in [3.8, 4) is 0 Å². The van der Waals surface area contributed by atoms with Crippen molar-refractivity contribution in [1.29, 1.82) is 0 Å². The fourth-order valence-corrected chi connectivity index (χ4v) is 20.0. The molecule has 0 saturated heterocycles. The van der Waals surface area contributed by atoms with Crippen molar-refractivity contribution < 1.29 is 65.4 Å². The van der Waals surface area contributed by atoms with Gasteiger partial charge in [-0.2, -0.15) is 0 Å². The van der Waals surface area contributed by atoms with E-state index in [1.54, 1.807) is 4.90 Å². The number of amides is 2. The molecular formula is C105H205N5O14Si4. The Bertz CT molecular complexity index is 2600. The Labute approximate surface area is 792 Å². The normalized spacial score (nSPS) is 14.0. The number of allylic oxidation sites excluding steroid dienone is 4. The number of carbonyl (C=O) groups is 6. The maximum atomic E-state index is 13.7. The third-order valence-corrected chi connectivity index (χ3v) is 44.9. The number of ether oxygens (including phenoxy) is 4. The summed E-state index contributed by atoms with van der Waals surface area (Å²) < 4.78 is 52.0. The maximum Gasteiger partial charge on any atom is 0.306 e. The van der Waals surface area contributed by atoms with E-state index in [1.165, 1.54) is 103 Å². The standard InChI is InChI=1S/C105H205N5O14Si4/c1-26-30-34-38-42-46-66-82-117-98(113)74-58-50-54-70-92(121-125(18,19)102(5,6)7)86-109(87-93(122-126(20,21)103(8,9)10)71-55-51-59-75-99(114)118-83-67-47-43-39-35-31-27-2)80-64-62-78-106-96(111)90-108(17)91-97(112)107-79-63-65-81-110(88-94(123-127(22,23)104(11,12)13)72-56-52-60-76-100(115)119-84-68-48-44-40-36-32-28-3)89-95(124-128(24,25)105(14,15)16)73-57-53-61-77-101(116)120-85-69-49-45-41-37-33-29-4/h46-49,66-69,92-95H,26-45,50-65,70-91H2,1-25H3,(H,106,111)(H,107,112)/b66-46-,67-47-,68-48-,69-49-. The van der Waals surface area contributed by atoms with Crippen LogP contribution in [0, 0.1) is 0 Å². The quantitative estimate of drug-likeness (QED) is 0.0191. The minimum absolute atomic E-state index is 0.00245. The zero-order valence-corrected chi connectivity index (χ0v) is 92.0. The predicted octanol–water partition coefficient (Wildman–Crippen LogP) is 27.0. The number of rotatable bonds is 82. The molecule has 128 heavy (non-hydrogen) atoms. The summed E-state index contributed by atoms with van der Waals surface area (Å²) in [7, 11) is -7.13. The van der Waals surface area contributed by atoms with Gasteiger partial charge in [-0.25, -0.2) is 0 Å². The predicted molar refractivity (Wildman–Crippen MR) is 551 cm³/mol. The second-order valence-corrected chi connectivity index (χ2v) is 62.2. The van der Waals surface area contributed by atoms with Crippen molar-refractivity contribution in [2.75, 3.05) is 98.9 Å². The summed E-state index contributed by atoms with van der Waals surface area (Å²) in [4.78, 5) is 85.9. The molecule has 0 aliphatic carbocycles. The molecule has 0 spiro atoms. The number of likely N-dealkylation sites (N-methyl/N-ethyl adjacent to an activating group) is 1. The minimum Gasteiger partial charge on any atom is -0.461 e. The third-order valence-electron chi connectivity index (χ3n) is 26.7. The van der Waals surface area contributed by atoms with Crippen molar-refractivity contribution >= 4 is 69.0 Å². The second-order valence-electron chi connectivity index (χ2n) is 43.2. The van der Waals surface area contributed by atoms with Crippen molar-refractivity contribution in [3.05, 3.63) is 48.6 Å². The van der Waals surface area contributed by atoms with Crippen LogP contribution in [0.3, 0.4) is 0 Å². The lowest BCUT2D eigenvalue weighted by Crippen LogP contribution is -2.50. The van der Waals surface area contributed by atoms with Gasteiger partial charge in [-0.1, -0.05) is 288 Å². The third kappa shape index (κ3) is 66.7. The lowest BCUT2D eigenvalue weighted by atomic mass is 10.1. The van der Waals surface area contributed by atoms with Gasteiger partial charge in [0.2, 0.25) is 11.8 Å². The molecule has 0 aromatic carbocycles. The van der Waals surface area contributed by atoms with E-state index in [0.717, 1.165) is 193 Å². The fourth-order valence-electron chi connectivity index (χ4n) is 14.4. The summed E-state index contributed by atoms with van der Waals surface area (Å²) in [6.07, 6.45) is 58.5. The molecule has 19 nitrogen and oxygen atoms in total. The van der Waals surface area contributed by atoms with Gasteiger partial charge in [-0.3, -0.25) is 43.5 Å². The van der Waals surface area contributed by atoms with E-state index >= 15 is 0 Å². The number of unbranched alkanes of at least 4 members (excludes halogenated alkanes) is 26. The van der Waals surface area contributed by atoms with Crippen molar-refractivity contribution in [1.82, 2.24) is 25.3 Å². The Kier molecular flexibility index (Phi) is 70.7. The number of nitrogens with one attached hydrogen (secondary N) is 2. The van der Waals surface area contributed by atoms with Crippen LogP contribution in [0.5, 0.6) is 0 Å². The van der Waals surface area contributed by atoms with Crippen LogP contribution < -0.4 is 10.6 Å². The molecule has 750 valence electrons. The molecular weight excluding hydrogens is 1670 g/mol. The smallest absolute Gasteiger partial charge is 0.306 e. The highest BCUT2D eigenvalue weighted by Crippen LogP contribution is 2.42. The number of carbonyl (C=O) groups excluding carboxylic acids is 6. The summed E-state index contributed by atoms with van der Waals surface area (Å²) >= 11 is 0. The van der Waals surface area contributed by atoms with Crippen molar-refractivity contribution in [2.24, 2.45) is 0 Å². The summed E-state index contributed by atoms with van der Waals surface area (Å²) in [6, 6.07) is 0. The molecule has 0 saturated carbocycles. The molecule has 2 amide bonds. The van der Waals surface area contributed by atoms with Gasteiger partial charge in [-0.15, -0.1) is 0 Å². The van der Waals surface area contributed by atoms with Gasteiger partial charge in [0.1, 0.15) is 26.4 Å². The van der Waals surface area contributed by atoms with E-state index in [0.29, 0.717) is 65.2 Å². The van der Waals surface area contributed by atoms with E-state index in [-0.39, 0.29) is 93.4 Å². The van der Waals surface area contributed by atoms with Gasteiger partial charge in [0.15, 0.2) is 33.3 Å². The van der Waals surface area contributed by atoms with Crippen LogP contribution in [0.2, 0.25) is 72.5 Å². The van der Waals surface area contributed by atoms with E-state index < -0.39 is 33.3 Å².